The normalized spacial score (nSPS) is 27.2. The number of carboxylic acids is 1. The minimum atomic E-state index is -0.664. The summed E-state index contributed by atoms with van der Waals surface area (Å²) in [7, 11) is 0. The van der Waals surface area contributed by atoms with Gasteiger partial charge in [0, 0.05) is 12.6 Å². The van der Waals surface area contributed by atoms with E-state index in [1.165, 1.54) is 25.7 Å². The summed E-state index contributed by atoms with van der Waals surface area (Å²) >= 11 is 0. The lowest BCUT2D eigenvalue weighted by Gasteiger charge is -2.34. The van der Waals surface area contributed by atoms with Crippen LogP contribution in [0.15, 0.2) is 0 Å². The molecule has 0 aromatic heterocycles. The van der Waals surface area contributed by atoms with Crippen LogP contribution in [0.1, 0.15) is 78.1 Å². The Morgan fingerprint density at radius 1 is 1.05 bits per heavy atom. The molecule has 2 rings (SSSR count). The molecule has 2 N–H and O–H groups in total. The Morgan fingerprint density at radius 3 is 2.09 bits per heavy atom. The fourth-order valence-corrected chi connectivity index (χ4v) is 3.92. The lowest BCUT2D eigenvalue weighted by Crippen LogP contribution is -2.45. The molecule has 128 valence electrons. The first-order valence-electron chi connectivity index (χ1n) is 9.22. The number of hydrogen-bond donors (Lipinski definition) is 2. The molecule has 2 fully saturated rings. The van der Waals surface area contributed by atoms with Crippen molar-refractivity contribution in [2.75, 3.05) is 6.54 Å². The Hall–Kier alpha value is -0.610. The molecule has 0 saturated heterocycles. The fourth-order valence-electron chi connectivity index (χ4n) is 3.92. The first kappa shape index (κ1) is 17.7. The monoisotopic (exact) mass is 311 g/mol. The molecule has 0 aromatic carbocycles. The Kier molecular flexibility index (Phi) is 6.69. The topological polar surface area (TPSA) is 58.6 Å². The minimum Gasteiger partial charge on any atom is -0.481 e. The van der Waals surface area contributed by atoms with Crippen LogP contribution in [0.4, 0.5) is 0 Å². The molecule has 0 spiro atoms. The second kappa shape index (κ2) is 8.30. The van der Waals surface area contributed by atoms with Crippen molar-refractivity contribution in [1.82, 2.24) is 5.32 Å². The molecule has 0 bridgehead atoms. The van der Waals surface area contributed by atoms with Crippen molar-refractivity contribution < 1.29 is 14.6 Å². The molecule has 4 heteroatoms. The summed E-state index contributed by atoms with van der Waals surface area (Å²) in [5.41, 5.74) is -0.600. The number of nitrogens with one attached hydrogen (secondary N) is 1. The van der Waals surface area contributed by atoms with Crippen LogP contribution in [0.25, 0.3) is 0 Å². The van der Waals surface area contributed by atoms with Crippen molar-refractivity contribution in [3.8, 4) is 0 Å². The number of aliphatic carboxylic acids is 1. The van der Waals surface area contributed by atoms with Gasteiger partial charge in [0.2, 0.25) is 0 Å². The van der Waals surface area contributed by atoms with Crippen LogP contribution in [0.3, 0.4) is 0 Å². The van der Waals surface area contributed by atoms with Crippen LogP contribution < -0.4 is 5.32 Å². The molecule has 0 aliphatic heterocycles. The predicted molar refractivity (Wildman–Crippen MR) is 88.0 cm³/mol. The van der Waals surface area contributed by atoms with Crippen molar-refractivity contribution in [1.29, 1.82) is 0 Å². The Bertz CT molecular complexity index is 340. The molecule has 0 unspecified atom stereocenters. The van der Waals surface area contributed by atoms with Gasteiger partial charge in [-0.05, 0) is 51.4 Å². The minimum absolute atomic E-state index is 0.433. The zero-order valence-electron chi connectivity index (χ0n) is 14.3. The lowest BCUT2D eigenvalue weighted by molar-refractivity contribution is -0.149. The lowest BCUT2D eigenvalue weighted by atomic mass is 9.81. The SMILES string of the molecule is CCC(CC)(CNC1CCC(OC2CCCC2)CC1)C(=O)O. The van der Waals surface area contributed by atoms with E-state index in [1.54, 1.807) is 0 Å². The Balaban J connectivity index is 1.71. The maximum atomic E-state index is 11.5. The van der Waals surface area contributed by atoms with Gasteiger partial charge in [0.1, 0.15) is 0 Å². The van der Waals surface area contributed by atoms with Gasteiger partial charge >= 0.3 is 5.97 Å². The molecule has 2 aliphatic rings. The van der Waals surface area contributed by atoms with Gasteiger partial charge in [-0.3, -0.25) is 4.79 Å². The van der Waals surface area contributed by atoms with Crippen molar-refractivity contribution in [2.24, 2.45) is 5.41 Å². The van der Waals surface area contributed by atoms with Gasteiger partial charge < -0.3 is 15.2 Å². The zero-order chi connectivity index (χ0) is 16.0. The summed E-state index contributed by atoms with van der Waals surface area (Å²) in [5, 5.41) is 13.0. The number of carbonyl (C=O) groups is 1. The highest BCUT2D eigenvalue weighted by Crippen LogP contribution is 2.30. The highest BCUT2D eigenvalue weighted by Gasteiger charge is 2.35. The quantitative estimate of drug-likeness (QED) is 0.717. The molecule has 0 aromatic rings. The molecular formula is C18H33NO3. The molecule has 0 atom stereocenters. The second-order valence-electron chi connectivity index (χ2n) is 7.19. The maximum Gasteiger partial charge on any atom is 0.310 e. The van der Waals surface area contributed by atoms with Crippen LogP contribution in [-0.4, -0.2) is 35.9 Å². The van der Waals surface area contributed by atoms with Crippen LogP contribution in [-0.2, 0) is 9.53 Å². The molecule has 2 aliphatic carbocycles. The summed E-state index contributed by atoms with van der Waals surface area (Å²) < 4.78 is 6.20. The van der Waals surface area contributed by atoms with E-state index >= 15 is 0 Å². The molecule has 4 nitrogen and oxygen atoms in total. The van der Waals surface area contributed by atoms with Crippen LogP contribution in [0.5, 0.6) is 0 Å². The summed E-state index contributed by atoms with van der Waals surface area (Å²) in [6, 6.07) is 0.459. The fraction of sp³-hybridized carbons (Fsp3) is 0.944. The molecule has 2 saturated carbocycles. The molecule has 0 amide bonds. The molecule has 0 heterocycles. The third-order valence-corrected chi connectivity index (χ3v) is 5.90. The second-order valence-corrected chi connectivity index (χ2v) is 7.19. The summed E-state index contributed by atoms with van der Waals surface area (Å²) in [6.45, 7) is 4.55. The van der Waals surface area contributed by atoms with Gasteiger partial charge in [-0.15, -0.1) is 0 Å². The van der Waals surface area contributed by atoms with Crippen molar-refractivity contribution in [2.45, 2.75) is 96.3 Å². The zero-order valence-corrected chi connectivity index (χ0v) is 14.3. The highest BCUT2D eigenvalue weighted by atomic mass is 16.5. The van der Waals surface area contributed by atoms with Gasteiger partial charge in [0.05, 0.1) is 17.6 Å². The summed E-state index contributed by atoms with van der Waals surface area (Å²) in [4.78, 5) is 11.5. The van der Waals surface area contributed by atoms with E-state index in [-0.39, 0.29) is 0 Å². The first-order valence-corrected chi connectivity index (χ1v) is 9.22. The van der Waals surface area contributed by atoms with Gasteiger partial charge in [0.25, 0.3) is 0 Å². The van der Waals surface area contributed by atoms with Gasteiger partial charge in [-0.1, -0.05) is 26.7 Å². The van der Waals surface area contributed by atoms with E-state index < -0.39 is 11.4 Å². The average Bonchev–Trinajstić information content (AvgIpc) is 3.03. The van der Waals surface area contributed by atoms with Gasteiger partial charge in [-0.25, -0.2) is 0 Å². The van der Waals surface area contributed by atoms with E-state index in [0.717, 1.165) is 25.7 Å². The number of rotatable bonds is 8. The molecule has 0 radical (unpaired) electrons. The summed E-state index contributed by atoms with van der Waals surface area (Å²) in [5.74, 6) is -0.664. The molecule has 22 heavy (non-hydrogen) atoms. The van der Waals surface area contributed by atoms with Gasteiger partial charge in [0.15, 0.2) is 0 Å². The average molecular weight is 311 g/mol. The smallest absolute Gasteiger partial charge is 0.310 e. The standard InChI is InChI=1S/C18H33NO3/c1-3-18(4-2,17(20)21)13-19-14-9-11-16(12-10-14)22-15-7-5-6-8-15/h14-16,19H,3-13H2,1-2H3,(H,20,21). The van der Waals surface area contributed by atoms with Crippen molar-refractivity contribution in [3.05, 3.63) is 0 Å². The van der Waals surface area contributed by atoms with Crippen molar-refractivity contribution in [3.63, 3.8) is 0 Å². The van der Waals surface area contributed by atoms with E-state index in [1.807, 2.05) is 13.8 Å². The number of ether oxygens (including phenoxy) is 1. The predicted octanol–water partition coefficient (Wildman–Crippen LogP) is 3.74. The van der Waals surface area contributed by atoms with Crippen molar-refractivity contribution >= 4 is 5.97 Å². The Labute approximate surface area is 135 Å². The highest BCUT2D eigenvalue weighted by molar-refractivity contribution is 5.74. The number of carboxylic acid groups (broad SMARTS) is 1. The maximum absolute atomic E-state index is 11.5. The van der Waals surface area contributed by atoms with Crippen LogP contribution in [0.2, 0.25) is 0 Å². The van der Waals surface area contributed by atoms with E-state index in [2.05, 4.69) is 5.32 Å². The van der Waals surface area contributed by atoms with E-state index in [0.29, 0.717) is 37.6 Å². The third kappa shape index (κ3) is 4.45. The Morgan fingerprint density at radius 2 is 1.59 bits per heavy atom. The van der Waals surface area contributed by atoms with Gasteiger partial charge in [-0.2, -0.15) is 0 Å². The first-order chi connectivity index (χ1) is 10.6. The number of hydrogen-bond acceptors (Lipinski definition) is 3. The molecular weight excluding hydrogens is 278 g/mol. The third-order valence-electron chi connectivity index (χ3n) is 5.90. The van der Waals surface area contributed by atoms with E-state index in [4.69, 9.17) is 4.74 Å². The largest absolute Gasteiger partial charge is 0.481 e. The van der Waals surface area contributed by atoms with Crippen LogP contribution >= 0.6 is 0 Å². The van der Waals surface area contributed by atoms with Crippen LogP contribution in [0, 0.1) is 5.41 Å². The summed E-state index contributed by atoms with van der Waals surface area (Å²) in [6.07, 6.45) is 11.9. The van der Waals surface area contributed by atoms with E-state index in [9.17, 15) is 9.90 Å².